The first-order valence-corrected chi connectivity index (χ1v) is 10.1. The number of hydrogen-bond acceptors (Lipinski definition) is 4. The van der Waals surface area contributed by atoms with E-state index >= 15 is 0 Å². The van der Waals surface area contributed by atoms with E-state index in [-0.39, 0.29) is 6.04 Å². The monoisotopic (exact) mass is 330 g/mol. The predicted molar refractivity (Wildman–Crippen MR) is 88.3 cm³/mol. The number of sulfonamides is 1. The average molecular weight is 331 g/mol. The zero-order valence-electron chi connectivity index (χ0n) is 12.9. The highest BCUT2D eigenvalue weighted by molar-refractivity contribution is 7.91. The highest BCUT2D eigenvalue weighted by Crippen LogP contribution is 2.27. The Kier molecular flexibility index (Phi) is 6.22. The minimum Gasteiger partial charge on any atom is -0.319 e. The third kappa shape index (κ3) is 4.77. The molecule has 1 aromatic heterocycles. The molecule has 0 aliphatic heterocycles. The largest absolute Gasteiger partial charge is 0.319 e. The lowest BCUT2D eigenvalue weighted by atomic mass is 9.98. The van der Waals surface area contributed by atoms with Gasteiger partial charge in [-0.05, 0) is 50.9 Å². The minimum absolute atomic E-state index is 0.0837. The molecular weight excluding hydrogens is 304 g/mol. The molecule has 0 spiro atoms. The molecule has 0 amide bonds. The lowest BCUT2D eigenvalue weighted by Gasteiger charge is -2.22. The second kappa shape index (κ2) is 7.72. The van der Waals surface area contributed by atoms with E-state index in [2.05, 4.69) is 17.0 Å². The van der Waals surface area contributed by atoms with Gasteiger partial charge in [-0.15, -0.1) is 11.3 Å². The Bertz CT molecular complexity index is 540. The summed E-state index contributed by atoms with van der Waals surface area (Å²) >= 11 is 1.38. The average Bonchev–Trinajstić information content (AvgIpc) is 2.84. The van der Waals surface area contributed by atoms with Crippen molar-refractivity contribution < 1.29 is 8.42 Å². The Morgan fingerprint density at radius 1 is 1.24 bits per heavy atom. The van der Waals surface area contributed by atoms with Crippen molar-refractivity contribution in [3.8, 4) is 0 Å². The van der Waals surface area contributed by atoms with Gasteiger partial charge in [0.2, 0.25) is 10.0 Å². The molecule has 2 rings (SSSR count). The maximum atomic E-state index is 12.5. The van der Waals surface area contributed by atoms with Crippen molar-refractivity contribution in [2.75, 3.05) is 13.6 Å². The molecule has 2 atom stereocenters. The summed E-state index contributed by atoms with van der Waals surface area (Å²) < 4.78 is 28.4. The summed E-state index contributed by atoms with van der Waals surface area (Å²) in [5, 5.41) is 3.08. The number of likely N-dealkylation sites (N-methyl/N-ethyl adjacent to an activating group) is 1. The normalized spacial score (nSPS) is 23.9. The summed E-state index contributed by atoms with van der Waals surface area (Å²) in [6.07, 6.45) is 6.50. The van der Waals surface area contributed by atoms with Crippen LogP contribution in [-0.4, -0.2) is 28.1 Å². The first-order valence-electron chi connectivity index (χ1n) is 7.78. The van der Waals surface area contributed by atoms with Gasteiger partial charge in [-0.25, -0.2) is 13.1 Å². The van der Waals surface area contributed by atoms with Crippen LogP contribution in [0.5, 0.6) is 0 Å². The standard InChI is InChI=1S/C15H26N2O2S2/c1-12-6-4-3-5-7-14(12)17-21(18,19)15-9-8-13(20-15)10-11-16-2/h8-9,12,14,16-17H,3-7,10-11H2,1-2H3. The topological polar surface area (TPSA) is 58.2 Å². The molecule has 0 bridgehead atoms. The smallest absolute Gasteiger partial charge is 0.250 e. The van der Waals surface area contributed by atoms with Gasteiger partial charge in [0, 0.05) is 10.9 Å². The van der Waals surface area contributed by atoms with E-state index in [9.17, 15) is 8.42 Å². The van der Waals surface area contributed by atoms with Crippen LogP contribution in [0.25, 0.3) is 0 Å². The summed E-state index contributed by atoms with van der Waals surface area (Å²) in [5.41, 5.74) is 0. The van der Waals surface area contributed by atoms with E-state index in [0.29, 0.717) is 10.1 Å². The van der Waals surface area contributed by atoms with E-state index in [1.807, 2.05) is 13.1 Å². The second-order valence-electron chi connectivity index (χ2n) is 5.92. The van der Waals surface area contributed by atoms with Crippen molar-refractivity contribution >= 4 is 21.4 Å². The molecule has 0 saturated heterocycles. The fraction of sp³-hybridized carbons (Fsp3) is 0.733. The van der Waals surface area contributed by atoms with Gasteiger partial charge in [-0.1, -0.05) is 26.2 Å². The van der Waals surface area contributed by atoms with Crippen LogP contribution in [0, 0.1) is 5.92 Å². The number of thiophene rings is 1. The van der Waals surface area contributed by atoms with Crippen molar-refractivity contribution in [3.05, 3.63) is 17.0 Å². The molecule has 0 radical (unpaired) electrons. The first kappa shape index (κ1) is 16.9. The van der Waals surface area contributed by atoms with E-state index < -0.39 is 10.0 Å². The maximum absolute atomic E-state index is 12.5. The van der Waals surface area contributed by atoms with E-state index in [4.69, 9.17) is 0 Å². The van der Waals surface area contributed by atoms with Crippen molar-refractivity contribution in [2.45, 2.75) is 55.7 Å². The molecule has 21 heavy (non-hydrogen) atoms. The summed E-state index contributed by atoms with van der Waals surface area (Å²) in [7, 11) is -1.46. The van der Waals surface area contributed by atoms with Gasteiger partial charge in [-0.2, -0.15) is 0 Å². The molecule has 6 heteroatoms. The highest BCUT2D eigenvalue weighted by atomic mass is 32.2. The van der Waals surface area contributed by atoms with E-state index in [1.54, 1.807) is 6.07 Å². The van der Waals surface area contributed by atoms with Gasteiger partial charge < -0.3 is 5.32 Å². The Labute approximate surface area is 132 Å². The van der Waals surface area contributed by atoms with E-state index in [0.717, 1.165) is 37.1 Å². The number of hydrogen-bond donors (Lipinski definition) is 2. The van der Waals surface area contributed by atoms with Crippen LogP contribution in [0.3, 0.4) is 0 Å². The van der Waals surface area contributed by atoms with Crippen molar-refractivity contribution in [2.24, 2.45) is 5.92 Å². The van der Waals surface area contributed by atoms with Crippen LogP contribution in [0.1, 0.15) is 43.9 Å². The van der Waals surface area contributed by atoms with Gasteiger partial charge in [0.15, 0.2) is 0 Å². The molecular formula is C15H26N2O2S2. The van der Waals surface area contributed by atoms with Gasteiger partial charge in [0.1, 0.15) is 4.21 Å². The molecule has 2 N–H and O–H groups in total. The molecule has 1 aliphatic rings. The number of nitrogens with one attached hydrogen (secondary N) is 2. The Morgan fingerprint density at radius 3 is 2.76 bits per heavy atom. The van der Waals surface area contributed by atoms with Gasteiger partial charge in [0.25, 0.3) is 0 Å². The third-order valence-electron chi connectivity index (χ3n) is 4.19. The van der Waals surface area contributed by atoms with Crippen LogP contribution in [-0.2, 0) is 16.4 Å². The van der Waals surface area contributed by atoms with Crippen molar-refractivity contribution in [3.63, 3.8) is 0 Å². The molecule has 0 aromatic carbocycles. The fourth-order valence-corrected chi connectivity index (χ4v) is 5.56. The highest BCUT2D eigenvalue weighted by Gasteiger charge is 2.26. The molecule has 1 saturated carbocycles. The Hall–Kier alpha value is -0.430. The summed E-state index contributed by atoms with van der Waals surface area (Å²) in [4.78, 5) is 1.11. The van der Waals surface area contributed by atoms with Crippen LogP contribution in [0.4, 0.5) is 0 Å². The summed E-state index contributed by atoms with van der Waals surface area (Å²) in [5.74, 6) is 0.422. The molecule has 2 unspecified atom stereocenters. The molecule has 1 fully saturated rings. The van der Waals surface area contributed by atoms with E-state index in [1.165, 1.54) is 24.2 Å². The van der Waals surface area contributed by atoms with Crippen molar-refractivity contribution in [1.29, 1.82) is 0 Å². The zero-order chi connectivity index (χ0) is 15.3. The lowest BCUT2D eigenvalue weighted by molar-refractivity contribution is 0.400. The molecule has 1 aromatic rings. The summed E-state index contributed by atoms with van der Waals surface area (Å²) in [6.45, 7) is 3.03. The predicted octanol–water partition coefficient (Wildman–Crippen LogP) is 2.76. The third-order valence-corrected chi connectivity index (χ3v) is 7.32. The van der Waals surface area contributed by atoms with Crippen LogP contribution < -0.4 is 10.0 Å². The SMILES string of the molecule is CNCCc1ccc(S(=O)(=O)NC2CCCCCC2C)s1. The second-order valence-corrected chi connectivity index (χ2v) is 9.03. The molecule has 120 valence electrons. The summed E-state index contributed by atoms with van der Waals surface area (Å²) in [6, 6.07) is 3.74. The Morgan fingerprint density at radius 2 is 2.00 bits per heavy atom. The minimum atomic E-state index is -3.37. The van der Waals surface area contributed by atoms with Crippen molar-refractivity contribution in [1.82, 2.24) is 10.0 Å². The maximum Gasteiger partial charge on any atom is 0.250 e. The van der Waals surface area contributed by atoms with Gasteiger partial charge in [0.05, 0.1) is 0 Å². The fourth-order valence-electron chi connectivity index (χ4n) is 2.81. The first-order chi connectivity index (χ1) is 10.0. The lowest BCUT2D eigenvalue weighted by Crippen LogP contribution is -2.38. The molecule has 1 aliphatic carbocycles. The number of rotatable bonds is 6. The van der Waals surface area contributed by atoms with Crippen LogP contribution in [0.15, 0.2) is 16.3 Å². The quantitative estimate of drug-likeness (QED) is 0.789. The van der Waals surface area contributed by atoms with Gasteiger partial charge >= 0.3 is 0 Å². The Balaban J connectivity index is 2.04. The molecule has 4 nitrogen and oxygen atoms in total. The van der Waals surface area contributed by atoms with Gasteiger partial charge in [-0.3, -0.25) is 0 Å². The zero-order valence-corrected chi connectivity index (χ0v) is 14.5. The van der Waals surface area contributed by atoms with Crippen LogP contribution in [0.2, 0.25) is 0 Å². The van der Waals surface area contributed by atoms with Crippen LogP contribution >= 0.6 is 11.3 Å². The molecule has 1 heterocycles.